The lowest BCUT2D eigenvalue weighted by molar-refractivity contribution is 0.0604. The van der Waals surface area contributed by atoms with E-state index in [4.69, 9.17) is 14.6 Å². The van der Waals surface area contributed by atoms with Crippen LogP contribution in [0.15, 0.2) is 23.6 Å². The number of methoxy groups -OCH3 is 1. The molecule has 0 unspecified atom stereocenters. The van der Waals surface area contributed by atoms with Crippen LogP contribution in [0, 0.1) is 5.82 Å². The van der Waals surface area contributed by atoms with E-state index < -0.39 is 17.7 Å². The minimum absolute atomic E-state index is 0.0325. The van der Waals surface area contributed by atoms with E-state index in [0.717, 1.165) is 11.3 Å². The standard InChI is InChI=1S/C16H17FN2O5S/c1-23-4-5-24-8-11-6-10(2-3-12(11)17)15(20)18-7-14-19-13(9-25-14)16(21)22/h2-3,6,9H,4-5,7-8H2,1H3,(H,18,20)(H,21,22). The maximum Gasteiger partial charge on any atom is 0.355 e. The molecule has 0 fully saturated rings. The van der Waals surface area contributed by atoms with E-state index in [1.807, 2.05) is 0 Å². The lowest BCUT2D eigenvalue weighted by Crippen LogP contribution is -2.23. The first-order valence-corrected chi connectivity index (χ1v) is 8.20. The number of benzene rings is 1. The van der Waals surface area contributed by atoms with E-state index in [0.29, 0.717) is 18.2 Å². The lowest BCUT2D eigenvalue weighted by Gasteiger charge is -2.08. The zero-order valence-electron chi connectivity index (χ0n) is 13.5. The first-order valence-electron chi connectivity index (χ1n) is 7.32. The van der Waals surface area contributed by atoms with Crippen molar-refractivity contribution in [2.24, 2.45) is 0 Å². The molecule has 1 aromatic carbocycles. The zero-order chi connectivity index (χ0) is 18.2. The maximum absolute atomic E-state index is 13.8. The predicted octanol–water partition coefficient (Wildman–Crippen LogP) is 2.07. The zero-order valence-corrected chi connectivity index (χ0v) is 14.3. The molecule has 1 heterocycles. The first-order chi connectivity index (χ1) is 12.0. The number of ether oxygens (including phenoxy) is 2. The monoisotopic (exact) mass is 368 g/mol. The fourth-order valence-corrected chi connectivity index (χ4v) is 2.61. The third-order valence-corrected chi connectivity index (χ3v) is 4.02. The summed E-state index contributed by atoms with van der Waals surface area (Å²) in [6.45, 7) is 0.842. The van der Waals surface area contributed by atoms with Gasteiger partial charge in [0, 0.05) is 23.6 Å². The van der Waals surface area contributed by atoms with Crippen LogP contribution in [0.5, 0.6) is 0 Å². The largest absolute Gasteiger partial charge is 0.476 e. The molecule has 7 nitrogen and oxygen atoms in total. The molecular weight excluding hydrogens is 351 g/mol. The number of nitrogens with zero attached hydrogens (tertiary/aromatic N) is 1. The molecule has 0 atom stereocenters. The van der Waals surface area contributed by atoms with E-state index in [-0.39, 0.29) is 30.0 Å². The fraction of sp³-hybridized carbons (Fsp3) is 0.312. The van der Waals surface area contributed by atoms with Crippen LogP contribution in [-0.4, -0.2) is 42.3 Å². The van der Waals surface area contributed by atoms with Crippen molar-refractivity contribution in [1.29, 1.82) is 0 Å². The normalized spacial score (nSPS) is 10.6. The summed E-state index contributed by atoms with van der Waals surface area (Å²) in [5.41, 5.74) is 0.486. The molecule has 1 aromatic heterocycles. The van der Waals surface area contributed by atoms with E-state index in [1.54, 1.807) is 0 Å². The lowest BCUT2D eigenvalue weighted by atomic mass is 10.1. The van der Waals surface area contributed by atoms with Gasteiger partial charge in [-0.05, 0) is 18.2 Å². The smallest absolute Gasteiger partial charge is 0.355 e. The number of amides is 1. The number of aromatic carboxylic acids is 1. The molecule has 25 heavy (non-hydrogen) atoms. The topological polar surface area (TPSA) is 97.8 Å². The Hall–Kier alpha value is -2.36. The van der Waals surface area contributed by atoms with Gasteiger partial charge in [-0.3, -0.25) is 4.79 Å². The number of aromatic nitrogens is 1. The molecule has 0 saturated carbocycles. The molecule has 0 spiro atoms. The summed E-state index contributed by atoms with van der Waals surface area (Å²) in [4.78, 5) is 26.8. The Morgan fingerprint density at radius 2 is 2.16 bits per heavy atom. The van der Waals surface area contributed by atoms with Crippen LogP contribution >= 0.6 is 11.3 Å². The average molecular weight is 368 g/mol. The van der Waals surface area contributed by atoms with Gasteiger partial charge >= 0.3 is 5.97 Å². The van der Waals surface area contributed by atoms with Gasteiger partial charge in [-0.2, -0.15) is 0 Å². The summed E-state index contributed by atoms with van der Waals surface area (Å²) < 4.78 is 23.9. The molecular formula is C16H17FN2O5S. The maximum atomic E-state index is 13.8. The second-order valence-corrected chi connectivity index (χ2v) is 5.91. The summed E-state index contributed by atoms with van der Waals surface area (Å²) in [5.74, 6) is -1.99. The number of nitrogens with one attached hydrogen (secondary N) is 1. The molecule has 0 aliphatic rings. The molecule has 0 bridgehead atoms. The van der Waals surface area contributed by atoms with Gasteiger partial charge in [-0.15, -0.1) is 11.3 Å². The van der Waals surface area contributed by atoms with Crippen molar-refractivity contribution in [1.82, 2.24) is 10.3 Å². The first kappa shape index (κ1) is 19.0. The van der Waals surface area contributed by atoms with Gasteiger partial charge in [-0.25, -0.2) is 14.2 Å². The second kappa shape index (κ2) is 9.21. The Labute approximate surface area is 147 Å². The SMILES string of the molecule is COCCOCc1cc(C(=O)NCc2nc(C(=O)O)cs2)ccc1F. The third-order valence-electron chi connectivity index (χ3n) is 3.17. The van der Waals surface area contributed by atoms with Gasteiger partial charge in [0.25, 0.3) is 5.91 Å². The number of rotatable bonds is 9. The van der Waals surface area contributed by atoms with E-state index >= 15 is 0 Å². The van der Waals surface area contributed by atoms with Crippen LogP contribution in [0.2, 0.25) is 0 Å². The highest BCUT2D eigenvalue weighted by atomic mass is 32.1. The van der Waals surface area contributed by atoms with Crippen LogP contribution in [0.3, 0.4) is 0 Å². The van der Waals surface area contributed by atoms with Gasteiger partial charge in [-0.1, -0.05) is 0 Å². The van der Waals surface area contributed by atoms with Crippen molar-refractivity contribution < 1.29 is 28.6 Å². The van der Waals surface area contributed by atoms with E-state index in [1.165, 1.54) is 30.7 Å². The highest BCUT2D eigenvalue weighted by molar-refractivity contribution is 7.09. The molecule has 0 aliphatic heterocycles. The summed E-state index contributed by atoms with van der Waals surface area (Å²) in [6.07, 6.45) is 0. The van der Waals surface area contributed by atoms with Crippen molar-refractivity contribution in [2.45, 2.75) is 13.2 Å². The van der Waals surface area contributed by atoms with Crippen LogP contribution in [0.25, 0.3) is 0 Å². The van der Waals surface area contributed by atoms with Gasteiger partial charge in [0.15, 0.2) is 5.69 Å². The van der Waals surface area contributed by atoms with Gasteiger partial charge in [0.05, 0.1) is 26.4 Å². The molecule has 0 radical (unpaired) electrons. The molecule has 9 heteroatoms. The Balaban J connectivity index is 1.94. The summed E-state index contributed by atoms with van der Waals surface area (Å²) in [7, 11) is 1.54. The van der Waals surface area contributed by atoms with Gasteiger partial charge in [0.1, 0.15) is 10.8 Å². The number of carbonyl (C=O) groups is 2. The Morgan fingerprint density at radius 1 is 1.36 bits per heavy atom. The molecule has 134 valence electrons. The molecule has 2 rings (SSSR count). The molecule has 1 amide bonds. The quantitative estimate of drug-likeness (QED) is 0.658. The molecule has 2 aromatic rings. The minimum atomic E-state index is -1.12. The van der Waals surface area contributed by atoms with Gasteiger partial charge in [0.2, 0.25) is 0 Å². The van der Waals surface area contributed by atoms with Crippen molar-refractivity contribution in [2.75, 3.05) is 20.3 Å². The third kappa shape index (κ3) is 5.59. The van der Waals surface area contributed by atoms with Crippen molar-refractivity contribution in [3.8, 4) is 0 Å². The van der Waals surface area contributed by atoms with Crippen molar-refractivity contribution in [3.63, 3.8) is 0 Å². The number of hydrogen-bond acceptors (Lipinski definition) is 6. The van der Waals surface area contributed by atoms with Crippen LogP contribution < -0.4 is 5.32 Å². The number of carboxylic acid groups (broad SMARTS) is 1. The van der Waals surface area contributed by atoms with Crippen LogP contribution in [-0.2, 0) is 22.6 Å². The Bertz CT molecular complexity index is 750. The summed E-state index contributed by atoms with van der Waals surface area (Å²) in [6, 6.07) is 3.99. The van der Waals surface area contributed by atoms with E-state index in [9.17, 15) is 14.0 Å². The van der Waals surface area contributed by atoms with E-state index in [2.05, 4.69) is 10.3 Å². The minimum Gasteiger partial charge on any atom is -0.476 e. The fourth-order valence-electron chi connectivity index (χ4n) is 1.90. The Morgan fingerprint density at radius 3 is 2.84 bits per heavy atom. The average Bonchev–Trinajstić information content (AvgIpc) is 3.07. The van der Waals surface area contributed by atoms with Crippen LogP contribution in [0.1, 0.15) is 31.4 Å². The van der Waals surface area contributed by atoms with Gasteiger partial charge < -0.3 is 19.9 Å². The second-order valence-electron chi connectivity index (χ2n) is 4.97. The highest BCUT2D eigenvalue weighted by Crippen LogP contribution is 2.13. The Kier molecular flexibility index (Phi) is 6.99. The number of hydrogen-bond donors (Lipinski definition) is 2. The van der Waals surface area contributed by atoms with Crippen LogP contribution in [0.4, 0.5) is 4.39 Å². The summed E-state index contributed by atoms with van der Waals surface area (Å²) >= 11 is 1.14. The number of thiazole rings is 1. The summed E-state index contributed by atoms with van der Waals surface area (Å²) in [5, 5.41) is 13.3. The van der Waals surface area contributed by atoms with Crippen molar-refractivity contribution in [3.05, 3.63) is 51.2 Å². The number of carbonyl (C=O) groups excluding carboxylic acids is 1. The molecule has 0 saturated heterocycles. The number of halogens is 1. The predicted molar refractivity (Wildman–Crippen MR) is 88.2 cm³/mol. The molecule has 0 aliphatic carbocycles. The number of carboxylic acids is 1. The molecule has 2 N–H and O–H groups in total. The van der Waals surface area contributed by atoms with Crippen molar-refractivity contribution >= 4 is 23.2 Å². The highest BCUT2D eigenvalue weighted by Gasteiger charge is 2.12.